The van der Waals surface area contributed by atoms with E-state index < -0.39 is 29.3 Å². The largest absolute Gasteiger partial charge is 0.485 e. The minimum atomic E-state index is -2.86. The molecule has 8 nitrogen and oxygen atoms in total. The maximum atomic E-state index is 14.8. The maximum Gasteiger partial charge on any atom is 0.334 e. The Balaban J connectivity index is 1.67. The highest BCUT2D eigenvalue weighted by Crippen LogP contribution is 2.47. The molecule has 0 unspecified atom stereocenters. The van der Waals surface area contributed by atoms with Crippen LogP contribution in [0.5, 0.6) is 11.5 Å². The third-order valence-electron chi connectivity index (χ3n) is 4.85. The van der Waals surface area contributed by atoms with E-state index >= 15 is 0 Å². The van der Waals surface area contributed by atoms with Crippen molar-refractivity contribution in [1.29, 1.82) is 0 Å². The van der Waals surface area contributed by atoms with E-state index in [0.29, 0.717) is 4.68 Å². The molecular formula is C19H11ClF4N6O2. The van der Waals surface area contributed by atoms with Crippen molar-refractivity contribution in [1.82, 2.24) is 24.7 Å². The van der Waals surface area contributed by atoms with Crippen LogP contribution in [0.2, 0.25) is 5.02 Å². The molecule has 32 heavy (non-hydrogen) atoms. The molecule has 1 aliphatic rings. The van der Waals surface area contributed by atoms with Crippen molar-refractivity contribution in [3.63, 3.8) is 0 Å². The van der Waals surface area contributed by atoms with Crippen LogP contribution in [0.4, 0.5) is 23.4 Å². The normalized spacial score (nSPS) is 15.5. The SMILES string of the molecule is Nc1ncnc2c(-c3ccc(F)c(Cl)c3F)cc3c(c12)O[C@H](c1ncn(C(F)F)n1)CO3. The molecule has 2 aromatic carbocycles. The first kappa shape index (κ1) is 20.2. The average molecular weight is 467 g/mol. The molecule has 0 radical (unpaired) electrons. The number of halogens is 5. The molecular weight excluding hydrogens is 456 g/mol. The fourth-order valence-corrected chi connectivity index (χ4v) is 3.54. The summed E-state index contributed by atoms with van der Waals surface area (Å²) in [5, 5.41) is 3.21. The molecule has 13 heteroatoms. The van der Waals surface area contributed by atoms with Gasteiger partial charge in [0.1, 0.15) is 35.9 Å². The van der Waals surface area contributed by atoms with Gasteiger partial charge in [0.2, 0.25) is 0 Å². The Morgan fingerprint density at radius 3 is 2.72 bits per heavy atom. The van der Waals surface area contributed by atoms with Crippen molar-refractivity contribution in [3.8, 4) is 22.6 Å². The van der Waals surface area contributed by atoms with Crippen molar-refractivity contribution in [2.75, 3.05) is 12.3 Å². The van der Waals surface area contributed by atoms with Crippen LogP contribution in [0, 0.1) is 11.6 Å². The van der Waals surface area contributed by atoms with Gasteiger partial charge in [-0.1, -0.05) is 11.6 Å². The van der Waals surface area contributed by atoms with Gasteiger partial charge in [-0.25, -0.2) is 23.7 Å². The average Bonchev–Trinajstić information content (AvgIpc) is 3.28. The topological polar surface area (TPSA) is 101 Å². The lowest BCUT2D eigenvalue weighted by atomic mass is 9.99. The van der Waals surface area contributed by atoms with Gasteiger partial charge in [0, 0.05) is 11.1 Å². The minimum Gasteiger partial charge on any atom is -0.485 e. The van der Waals surface area contributed by atoms with Gasteiger partial charge in [-0.3, -0.25) is 0 Å². The second-order valence-electron chi connectivity index (χ2n) is 6.73. The number of ether oxygens (including phenoxy) is 2. The summed E-state index contributed by atoms with van der Waals surface area (Å²) < 4.78 is 66.1. The number of nitrogens with zero attached hydrogens (tertiary/aromatic N) is 5. The van der Waals surface area contributed by atoms with Crippen LogP contribution in [0.25, 0.3) is 22.0 Å². The molecule has 0 spiro atoms. The summed E-state index contributed by atoms with van der Waals surface area (Å²) in [5.41, 5.74) is 6.41. The van der Waals surface area contributed by atoms with Gasteiger partial charge in [0.25, 0.3) is 0 Å². The third-order valence-corrected chi connectivity index (χ3v) is 5.19. The quantitative estimate of drug-likeness (QED) is 0.354. The van der Waals surface area contributed by atoms with Gasteiger partial charge in [-0.15, -0.1) is 5.10 Å². The van der Waals surface area contributed by atoms with E-state index in [1.165, 1.54) is 18.5 Å². The first-order valence-corrected chi connectivity index (χ1v) is 9.42. The van der Waals surface area contributed by atoms with Crippen molar-refractivity contribution in [2.45, 2.75) is 12.7 Å². The predicted octanol–water partition coefficient (Wildman–Crippen LogP) is 4.31. The fourth-order valence-electron chi connectivity index (χ4n) is 3.38. The first-order valence-electron chi connectivity index (χ1n) is 9.05. The molecule has 4 aromatic rings. The third kappa shape index (κ3) is 3.14. The molecule has 5 rings (SSSR count). The Bertz CT molecular complexity index is 1370. The van der Waals surface area contributed by atoms with Crippen molar-refractivity contribution in [3.05, 3.63) is 53.3 Å². The summed E-state index contributed by atoms with van der Waals surface area (Å²) in [6.45, 7) is -2.98. The zero-order valence-electron chi connectivity index (χ0n) is 15.8. The lowest BCUT2D eigenvalue weighted by Gasteiger charge is -2.27. The Kier molecular flexibility index (Phi) is 4.73. The van der Waals surface area contributed by atoms with E-state index in [-0.39, 0.29) is 51.8 Å². The molecule has 1 atom stereocenters. The number of aromatic nitrogens is 5. The first-order chi connectivity index (χ1) is 15.3. The lowest BCUT2D eigenvalue weighted by molar-refractivity contribution is 0.0520. The highest BCUT2D eigenvalue weighted by atomic mass is 35.5. The van der Waals surface area contributed by atoms with Crippen LogP contribution in [0.3, 0.4) is 0 Å². The van der Waals surface area contributed by atoms with E-state index in [4.69, 9.17) is 26.8 Å². The van der Waals surface area contributed by atoms with Crippen molar-refractivity contribution in [2.24, 2.45) is 0 Å². The van der Waals surface area contributed by atoms with Gasteiger partial charge >= 0.3 is 6.55 Å². The Hall–Kier alpha value is -3.67. The van der Waals surface area contributed by atoms with Crippen molar-refractivity contribution < 1.29 is 27.0 Å². The molecule has 0 amide bonds. The predicted molar refractivity (Wildman–Crippen MR) is 104 cm³/mol. The summed E-state index contributed by atoms with van der Waals surface area (Å²) >= 11 is 5.74. The number of nitrogens with two attached hydrogens (primary N) is 1. The number of nitrogen functional groups attached to an aromatic ring is 1. The van der Waals surface area contributed by atoms with E-state index in [0.717, 1.165) is 12.4 Å². The number of rotatable bonds is 3. The Morgan fingerprint density at radius 1 is 1.16 bits per heavy atom. The van der Waals surface area contributed by atoms with Gasteiger partial charge in [0.15, 0.2) is 29.2 Å². The van der Waals surface area contributed by atoms with E-state index in [2.05, 4.69) is 20.1 Å². The van der Waals surface area contributed by atoms with E-state index in [1.54, 1.807) is 0 Å². The molecule has 0 aliphatic carbocycles. The summed E-state index contributed by atoms with van der Waals surface area (Å²) in [6.07, 6.45) is 1.12. The fraction of sp³-hybridized carbons (Fsp3) is 0.158. The monoisotopic (exact) mass is 466 g/mol. The Morgan fingerprint density at radius 2 is 1.97 bits per heavy atom. The molecule has 3 heterocycles. The van der Waals surface area contributed by atoms with Gasteiger partial charge < -0.3 is 15.2 Å². The molecule has 2 N–H and O–H groups in total. The second kappa shape index (κ2) is 7.48. The maximum absolute atomic E-state index is 14.8. The molecule has 164 valence electrons. The zero-order valence-corrected chi connectivity index (χ0v) is 16.5. The van der Waals surface area contributed by atoms with Crippen molar-refractivity contribution >= 4 is 28.3 Å². The standard InChI is InChI=1S/C19H11ClF4N6O2/c20-13-9(21)2-1-7(14(13)22)8-3-10-16(12-15(8)26-5-27-17(12)25)32-11(4-31-10)18-28-6-30(29-18)19(23)24/h1-3,5-6,11,19H,4H2,(H2,25,26,27)/t11-/m0/s1. The van der Waals surface area contributed by atoms with Crippen LogP contribution in [0.15, 0.2) is 30.9 Å². The highest BCUT2D eigenvalue weighted by molar-refractivity contribution is 6.31. The second-order valence-corrected chi connectivity index (χ2v) is 7.11. The number of benzene rings is 2. The number of hydrogen-bond donors (Lipinski definition) is 1. The van der Waals surface area contributed by atoms with Gasteiger partial charge in [-0.2, -0.15) is 13.5 Å². The summed E-state index contributed by atoms with van der Waals surface area (Å²) in [4.78, 5) is 12.0. The smallest absolute Gasteiger partial charge is 0.334 e. The zero-order chi connectivity index (χ0) is 22.6. The Labute approximate surface area is 181 Å². The van der Waals surface area contributed by atoms with E-state index in [1.807, 2.05) is 0 Å². The molecule has 1 aliphatic heterocycles. The summed E-state index contributed by atoms with van der Waals surface area (Å²) in [7, 11) is 0. The molecule has 0 fully saturated rings. The number of anilines is 1. The van der Waals surface area contributed by atoms with Gasteiger partial charge in [-0.05, 0) is 18.2 Å². The van der Waals surface area contributed by atoms with Crippen LogP contribution in [0.1, 0.15) is 18.5 Å². The number of fused-ring (bicyclic) bond motifs is 3. The lowest BCUT2D eigenvalue weighted by Crippen LogP contribution is -2.23. The highest BCUT2D eigenvalue weighted by Gasteiger charge is 2.31. The summed E-state index contributed by atoms with van der Waals surface area (Å²) in [6, 6.07) is 3.68. The molecule has 0 saturated carbocycles. The van der Waals surface area contributed by atoms with E-state index in [9.17, 15) is 17.6 Å². The molecule has 0 bridgehead atoms. The summed E-state index contributed by atoms with van der Waals surface area (Å²) in [5.74, 6) is -1.65. The van der Waals surface area contributed by atoms with Gasteiger partial charge in [0.05, 0.1) is 10.9 Å². The van der Waals surface area contributed by atoms with Crippen LogP contribution in [-0.2, 0) is 0 Å². The van der Waals surface area contributed by atoms with Crippen LogP contribution >= 0.6 is 11.6 Å². The molecule has 0 saturated heterocycles. The number of hydrogen-bond acceptors (Lipinski definition) is 7. The van der Waals surface area contributed by atoms with Crippen LogP contribution in [-0.4, -0.2) is 31.3 Å². The van der Waals surface area contributed by atoms with Crippen LogP contribution < -0.4 is 15.2 Å². The minimum absolute atomic E-state index is 0.00274. The molecule has 2 aromatic heterocycles. The number of alkyl halides is 2.